The number of cyclic esters (lactones) is 1. The molecule has 80 valence electrons. The number of benzene rings is 1. The summed E-state index contributed by atoms with van der Waals surface area (Å²) >= 11 is 0. The van der Waals surface area contributed by atoms with Crippen LogP contribution in [0.25, 0.3) is 0 Å². The van der Waals surface area contributed by atoms with E-state index in [-0.39, 0.29) is 63.6 Å². The van der Waals surface area contributed by atoms with Crippen molar-refractivity contribution in [2.45, 2.75) is 6.42 Å². The molecule has 0 unspecified atom stereocenters. The Morgan fingerprint density at radius 3 is 2.56 bits per heavy atom. The van der Waals surface area contributed by atoms with Gasteiger partial charge in [-0.1, -0.05) is 18.2 Å². The molecule has 0 saturated carbocycles. The number of ether oxygens (including phenoxy) is 1. The molecule has 0 atom stereocenters. The van der Waals surface area contributed by atoms with Gasteiger partial charge in [0.2, 0.25) is 0 Å². The molecule has 0 aliphatic carbocycles. The Morgan fingerprint density at radius 1 is 1.25 bits per heavy atom. The molecule has 0 fully saturated rings. The number of hydrogen-bond acceptors (Lipinski definition) is 2. The van der Waals surface area contributed by atoms with Gasteiger partial charge in [-0.15, -0.1) is 5.46 Å². The van der Waals surface area contributed by atoms with Gasteiger partial charge >= 0.3 is 64.3 Å². The van der Waals surface area contributed by atoms with Gasteiger partial charge in [0.1, 0.15) is 0 Å². The van der Waals surface area contributed by atoms with E-state index in [2.05, 4.69) is 4.74 Å². The van der Waals surface area contributed by atoms with Gasteiger partial charge < -0.3 is 17.7 Å². The summed E-state index contributed by atoms with van der Waals surface area (Å²) in [5.41, 5.74) is -0.0967. The first-order valence-electron chi connectivity index (χ1n) is 4.48. The molecule has 0 spiro atoms. The molecule has 0 N–H and O–H groups in total. The summed E-state index contributed by atoms with van der Waals surface area (Å²) in [7, 11) is 0. The van der Waals surface area contributed by atoms with Crippen molar-refractivity contribution in [3.63, 3.8) is 0 Å². The van der Waals surface area contributed by atoms with Crippen molar-refractivity contribution in [2.75, 3.05) is 6.61 Å². The van der Waals surface area contributed by atoms with Crippen molar-refractivity contribution in [1.82, 2.24) is 0 Å². The fraction of sp³-hybridized carbons (Fsp3) is 0.222. The summed E-state index contributed by atoms with van der Waals surface area (Å²) in [4.78, 5) is 11.2. The summed E-state index contributed by atoms with van der Waals surface area (Å²) < 4.78 is 41.9. The third-order valence-electron chi connectivity index (χ3n) is 2.34. The van der Waals surface area contributed by atoms with E-state index in [1.54, 1.807) is 0 Å². The van der Waals surface area contributed by atoms with Crippen molar-refractivity contribution in [3.8, 4) is 0 Å². The first-order chi connectivity index (χ1) is 6.98. The fourth-order valence-electron chi connectivity index (χ4n) is 1.54. The van der Waals surface area contributed by atoms with E-state index in [0.29, 0.717) is 12.0 Å². The predicted molar refractivity (Wildman–Crippen MR) is 49.1 cm³/mol. The predicted octanol–water partition coefficient (Wildman–Crippen LogP) is -1.54. The van der Waals surface area contributed by atoms with Gasteiger partial charge in [-0.05, 0) is 5.56 Å². The van der Waals surface area contributed by atoms with Gasteiger partial charge in [-0.25, -0.2) is 4.79 Å². The van der Waals surface area contributed by atoms with Crippen LogP contribution in [-0.2, 0) is 11.2 Å². The van der Waals surface area contributed by atoms with Crippen molar-refractivity contribution in [2.24, 2.45) is 0 Å². The van der Waals surface area contributed by atoms with Crippen LogP contribution in [0.2, 0.25) is 0 Å². The van der Waals surface area contributed by atoms with Crippen LogP contribution in [0.5, 0.6) is 0 Å². The number of carbonyl (C=O) groups excluding carboxylic acids is 1. The van der Waals surface area contributed by atoms with E-state index >= 15 is 0 Å². The molecule has 1 aromatic rings. The third kappa shape index (κ3) is 2.89. The summed E-state index contributed by atoms with van der Waals surface area (Å²) in [5, 5.41) is 0. The Balaban J connectivity index is 0.00000128. The Kier molecular flexibility index (Phi) is 4.65. The first kappa shape index (κ1) is 14.2. The van der Waals surface area contributed by atoms with Crippen LogP contribution in [-0.4, -0.2) is 19.6 Å². The maximum absolute atomic E-state index is 12.4. The van der Waals surface area contributed by atoms with Crippen LogP contribution in [0, 0.1) is 0 Å². The van der Waals surface area contributed by atoms with Crippen LogP contribution in [0.4, 0.5) is 12.9 Å². The second-order valence-electron chi connectivity index (χ2n) is 3.38. The summed E-state index contributed by atoms with van der Waals surface area (Å²) in [6.45, 7) is -4.82. The molecule has 1 heterocycles. The second-order valence-corrected chi connectivity index (χ2v) is 3.38. The normalized spacial score (nSPS) is 14.8. The maximum atomic E-state index is 12.4. The average Bonchev–Trinajstić information content (AvgIpc) is 2.16. The van der Waals surface area contributed by atoms with Gasteiger partial charge in [0.25, 0.3) is 0 Å². The molecule has 0 aromatic heterocycles. The van der Waals surface area contributed by atoms with Crippen LogP contribution in [0.15, 0.2) is 18.2 Å². The molecule has 7 heteroatoms. The molecular weight excluding hydrogens is 247 g/mol. The van der Waals surface area contributed by atoms with Gasteiger partial charge in [-0.3, -0.25) is 0 Å². The third-order valence-corrected chi connectivity index (χ3v) is 2.34. The van der Waals surface area contributed by atoms with E-state index in [1.165, 1.54) is 6.07 Å². The molecule has 1 aromatic carbocycles. The number of carbonyl (C=O) groups is 1. The zero-order valence-electron chi connectivity index (χ0n) is 8.67. The first-order valence-corrected chi connectivity index (χ1v) is 4.48. The Labute approximate surface area is 133 Å². The molecule has 0 radical (unpaired) electrons. The molecule has 1 aliphatic rings. The van der Waals surface area contributed by atoms with Crippen LogP contribution in [0.3, 0.4) is 0 Å². The van der Waals surface area contributed by atoms with E-state index in [4.69, 9.17) is 0 Å². The van der Waals surface area contributed by atoms with Gasteiger partial charge in [0, 0.05) is 6.42 Å². The Morgan fingerprint density at radius 2 is 1.94 bits per heavy atom. The van der Waals surface area contributed by atoms with Gasteiger partial charge in [-0.2, -0.15) is 0 Å². The van der Waals surface area contributed by atoms with E-state index in [0.717, 1.165) is 12.1 Å². The topological polar surface area (TPSA) is 26.3 Å². The van der Waals surface area contributed by atoms with E-state index < -0.39 is 18.4 Å². The zero-order valence-corrected chi connectivity index (χ0v) is 11.8. The largest absolute Gasteiger partial charge is 1.00 e. The van der Waals surface area contributed by atoms with Crippen LogP contribution in [0.1, 0.15) is 15.9 Å². The van der Waals surface area contributed by atoms with Gasteiger partial charge in [0.15, 0.2) is 0 Å². The maximum Gasteiger partial charge on any atom is 1.00 e. The minimum atomic E-state index is -5.06. The summed E-state index contributed by atoms with van der Waals surface area (Å²) in [6, 6.07) is 3.23. The van der Waals surface area contributed by atoms with Crippen molar-refractivity contribution < 1.29 is 73.9 Å². The van der Waals surface area contributed by atoms with E-state index in [9.17, 15) is 17.7 Å². The van der Waals surface area contributed by atoms with Crippen molar-refractivity contribution >= 4 is 18.4 Å². The van der Waals surface area contributed by atoms with Gasteiger partial charge in [0.05, 0.1) is 12.2 Å². The molecule has 0 amide bonds. The fourth-order valence-corrected chi connectivity index (χ4v) is 1.54. The Bertz CT molecular complexity index is 420. The number of esters is 1. The summed E-state index contributed by atoms with van der Waals surface area (Å²) in [6.07, 6.45) is 0.478. The SMILES string of the molecule is O=C1OCCc2ccc([B-](F)(F)F)cc21.[K+]. The number of hydrogen-bond donors (Lipinski definition) is 0. The molecule has 1 aliphatic heterocycles. The van der Waals surface area contributed by atoms with Crippen molar-refractivity contribution in [3.05, 3.63) is 29.3 Å². The number of halogens is 3. The number of fused-ring (bicyclic) bond motifs is 1. The summed E-state index contributed by atoms with van der Waals surface area (Å²) in [5.74, 6) is -0.668. The second kappa shape index (κ2) is 5.22. The zero-order chi connectivity index (χ0) is 11.1. The average molecular weight is 254 g/mol. The molecule has 0 bridgehead atoms. The monoisotopic (exact) mass is 254 g/mol. The minimum absolute atomic E-state index is 0. The standard InChI is InChI=1S/C9H7BF3O2.K/c11-10(12,13)7-2-1-6-3-4-15-9(14)8(6)5-7;/h1-2,5H,3-4H2;/q-1;+1. The quantitative estimate of drug-likeness (QED) is 0.448. The van der Waals surface area contributed by atoms with Crippen molar-refractivity contribution in [1.29, 1.82) is 0 Å². The molecule has 0 saturated heterocycles. The molecule has 2 rings (SSSR count). The minimum Gasteiger partial charge on any atom is -0.462 e. The van der Waals surface area contributed by atoms with E-state index in [1.807, 2.05) is 0 Å². The van der Waals surface area contributed by atoms with Crippen LogP contribution < -0.4 is 56.8 Å². The molecular formula is C9H7BF3KO2. The number of rotatable bonds is 1. The smallest absolute Gasteiger partial charge is 0.462 e. The molecule has 16 heavy (non-hydrogen) atoms. The Hall–Kier alpha value is 0.181. The van der Waals surface area contributed by atoms with Crippen LogP contribution >= 0.6 is 0 Å². The molecule has 2 nitrogen and oxygen atoms in total.